The molecule has 2 atom stereocenters. The molecule has 3 N–H and O–H groups in total. The molecule has 122 valence electrons. The van der Waals surface area contributed by atoms with Crippen molar-refractivity contribution in [3.8, 4) is 11.3 Å². The normalized spacial score (nSPS) is 21.3. The van der Waals surface area contributed by atoms with Crippen molar-refractivity contribution < 1.29 is 13.6 Å². The molecule has 1 fully saturated rings. The highest BCUT2D eigenvalue weighted by atomic mass is 19.1. The summed E-state index contributed by atoms with van der Waals surface area (Å²) < 4.78 is 19.4. The van der Waals surface area contributed by atoms with Crippen LogP contribution in [0.4, 0.5) is 4.39 Å². The molecule has 2 aromatic rings. The molecule has 0 unspecified atom stereocenters. The first-order valence-electron chi connectivity index (χ1n) is 7.87. The summed E-state index contributed by atoms with van der Waals surface area (Å²) in [6.07, 6.45) is 5.35. The number of oxazole rings is 1. The van der Waals surface area contributed by atoms with Crippen LogP contribution in [-0.4, -0.2) is 16.9 Å². The van der Waals surface area contributed by atoms with Crippen molar-refractivity contribution in [2.75, 3.05) is 0 Å². The summed E-state index contributed by atoms with van der Waals surface area (Å²) >= 11 is 0. The summed E-state index contributed by atoms with van der Waals surface area (Å²) in [6.45, 7) is 0.392. The third-order valence-corrected chi connectivity index (χ3v) is 4.34. The molecule has 1 aliphatic rings. The lowest BCUT2D eigenvalue weighted by atomic mass is 9.84. The van der Waals surface area contributed by atoms with Gasteiger partial charge in [-0.05, 0) is 25.0 Å². The summed E-state index contributed by atoms with van der Waals surface area (Å²) in [6, 6.07) is 6.46. The van der Waals surface area contributed by atoms with Gasteiger partial charge in [-0.25, -0.2) is 9.37 Å². The average molecular weight is 317 g/mol. The number of hydrogen-bond acceptors (Lipinski definition) is 4. The van der Waals surface area contributed by atoms with Crippen LogP contribution in [0, 0.1) is 11.7 Å². The van der Waals surface area contributed by atoms with Crippen LogP contribution in [0.1, 0.15) is 31.6 Å². The topological polar surface area (TPSA) is 81.2 Å². The summed E-state index contributed by atoms with van der Waals surface area (Å²) in [5, 5.41) is 3.30. The maximum absolute atomic E-state index is 13.7. The average Bonchev–Trinajstić information content (AvgIpc) is 3.02. The highest BCUT2D eigenvalue weighted by molar-refractivity contribution is 5.77. The van der Waals surface area contributed by atoms with Crippen molar-refractivity contribution >= 4 is 5.91 Å². The van der Waals surface area contributed by atoms with E-state index in [2.05, 4.69) is 10.3 Å². The first-order valence-corrected chi connectivity index (χ1v) is 7.87. The first-order chi connectivity index (χ1) is 11.1. The number of hydrogen-bond donors (Lipinski definition) is 2. The van der Waals surface area contributed by atoms with E-state index in [-0.39, 0.29) is 23.7 Å². The molecule has 1 heterocycles. The second kappa shape index (κ2) is 6.91. The zero-order valence-electron chi connectivity index (χ0n) is 12.8. The lowest BCUT2D eigenvalue weighted by molar-refractivity contribution is -0.123. The monoisotopic (exact) mass is 317 g/mol. The number of nitrogens with two attached hydrogens (primary N) is 1. The van der Waals surface area contributed by atoms with Crippen LogP contribution in [0.2, 0.25) is 0 Å². The third-order valence-electron chi connectivity index (χ3n) is 4.34. The zero-order chi connectivity index (χ0) is 16.2. The third kappa shape index (κ3) is 3.59. The van der Waals surface area contributed by atoms with Crippen molar-refractivity contribution in [3.05, 3.63) is 42.2 Å². The Hall–Kier alpha value is -2.21. The van der Waals surface area contributed by atoms with Gasteiger partial charge in [0.25, 0.3) is 0 Å². The molecule has 1 aromatic carbocycles. The molecule has 0 spiro atoms. The van der Waals surface area contributed by atoms with E-state index < -0.39 is 0 Å². The van der Waals surface area contributed by atoms with Crippen molar-refractivity contribution in [3.63, 3.8) is 0 Å². The molecule has 1 amide bonds. The second-order valence-corrected chi connectivity index (χ2v) is 5.88. The van der Waals surface area contributed by atoms with Gasteiger partial charge in [0.15, 0.2) is 5.76 Å². The highest BCUT2D eigenvalue weighted by Gasteiger charge is 2.29. The molecule has 1 aliphatic carbocycles. The molecule has 0 bridgehead atoms. The smallest absolute Gasteiger partial charge is 0.222 e. The van der Waals surface area contributed by atoms with Crippen LogP contribution in [0.15, 0.2) is 34.9 Å². The first kappa shape index (κ1) is 15.7. The minimum Gasteiger partial charge on any atom is -0.439 e. The van der Waals surface area contributed by atoms with Crippen molar-refractivity contribution in [2.45, 2.75) is 38.3 Å². The summed E-state index contributed by atoms with van der Waals surface area (Å²) in [4.78, 5) is 15.7. The maximum atomic E-state index is 13.7. The van der Waals surface area contributed by atoms with E-state index in [1.54, 1.807) is 18.2 Å². The number of rotatable bonds is 5. The molecule has 0 radical (unpaired) electrons. The van der Waals surface area contributed by atoms with Gasteiger partial charge in [-0.2, -0.15) is 0 Å². The number of halogens is 1. The van der Waals surface area contributed by atoms with Gasteiger partial charge < -0.3 is 15.5 Å². The molecular weight excluding hydrogens is 297 g/mol. The van der Waals surface area contributed by atoms with E-state index in [1.807, 2.05) is 0 Å². The largest absolute Gasteiger partial charge is 0.439 e. The van der Waals surface area contributed by atoms with Crippen LogP contribution in [0.3, 0.4) is 0 Å². The number of nitrogens with one attached hydrogen (secondary N) is 1. The van der Waals surface area contributed by atoms with E-state index >= 15 is 0 Å². The predicted octanol–water partition coefficient (Wildman–Crippen LogP) is 2.61. The lowest BCUT2D eigenvalue weighted by Gasteiger charge is -2.29. The lowest BCUT2D eigenvalue weighted by Crippen LogP contribution is -2.44. The zero-order valence-corrected chi connectivity index (χ0v) is 12.8. The SMILES string of the molecule is NC(=O)[C@@H]1CCCC[C@H]1NCc1ncc(-c2ccccc2F)o1. The quantitative estimate of drug-likeness (QED) is 0.888. The number of primary amides is 1. The van der Waals surface area contributed by atoms with Crippen LogP contribution in [0.5, 0.6) is 0 Å². The molecule has 1 aromatic heterocycles. The Morgan fingerprint density at radius 3 is 2.91 bits per heavy atom. The van der Waals surface area contributed by atoms with Crippen molar-refractivity contribution in [1.82, 2.24) is 10.3 Å². The minimum absolute atomic E-state index is 0.0464. The predicted molar refractivity (Wildman–Crippen MR) is 83.7 cm³/mol. The van der Waals surface area contributed by atoms with E-state index in [9.17, 15) is 9.18 Å². The van der Waals surface area contributed by atoms with Gasteiger partial charge in [0.1, 0.15) is 5.82 Å². The summed E-state index contributed by atoms with van der Waals surface area (Å²) in [5.74, 6) is 0.114. The number of benzene rings is 1. The molecule has 3 rings (SSSR count). The van der Waals surface area contributed by atoms with Crippen LogP contribution < -0.4 is 11.1 Å². The minimum atomic E-state index is -0.343. The van der Waals surface area contributed by atoms with Crippen molar-refractivity contribution in [1.29, 1.82) is 0 Å². The van der Waals surface area contributed by atoms with E-state index in [0.29, 0.717) is 23.8 Å². The van der Waals surface area contributed by atoms with E-state index in [0.717, 1.165) is 25.7 Å². The highest BCUT2D eigenvalue weighted by Crippen LogP contribution is 2.26. The van der Waals surface area contributed by atoms with Crippen LogP contribution >= 0.6 is 0 Å². The van der Waals surface area contributed by atoms with E-state index in [1.165, 1.54) is 12.3 Å². The standard InChI is InChI=1S/C17H20FN3O2/c18-13-7-3-1-5-11(13)15-9-21-16(23-15)10-20-14-8-4-2-6-12(14)17(19)22/h1,3,5,7,9,12,14,20H,2,4,6,8,10H2,(H2,19,22)/t12-,14-/m1/s1. The van der Waals surface area contributed by atoms with Gasteiger partial charge in [-0.15, -0.1) is 0 Å². The Kier molecular flexibility index (Phi) is 4.71. The van der Waals surface area contributed by atoms with Gasteiger partial charge in [-0.1, -0.05) is 25.0 Å². The number of carbonyl (C=O) groups excluding carboxylic acids is 1. The van der Waals surface area contributed by atoms with Gasteiger partial charge in [0.05, 0.1) is 24.2 Å². The number of carbonyl (C=O) groups is 1. The molecule has 0 saturated heterocycles. The fraction of sp³-hybridized carbons (Fsp3) is 0.412. The van der Waals surface area contributed by atoms with E-state index in [4.69, 9.17) is 10.2 Å². The van der Waals surface area contributed by atoms with Crippen molar-refractivity contribution in [2.24, 2.45) is 11.7 Å². The summed E-state index contributed by atoms with van der Waals surface area (Å²) in [5.41, 5.74) is 5.85. The fourth-order valence-electron chi connectivity index (χ4n) is 3.11. The molecular formula is C17H20FN3O2. The Balaban J connectivity index is 1.65. The Labute approximate surface area is 134 Å². The van der Waals surface area contributed by atoms with Gasteiger partial charge in [0.2, 0.25) is 11.8 Å². The second-order valence-electron chi connectivity index (χ2n) is 5.88. The van der Waals surface area contributed by atoms with Gasteiger partial charge in [-0.3, -0.25) is 4.79 Å². The van der Waals surface area contributed by atoms with Gasteiger partial charge >= 0.3 is 0 Å². The molecule has 6 heteroatoms. The Morgan fingerprint density at radius 1 is 1.35 bits per heavy atom. The summed E-state index contributed by atoms with van der Waals surface area (Å²) in [7, 11) is 0. The number of nitrogens with zero attached hydrogens (tertiary/aromatic N) is 1. The molecule has 5 nitrogen and oxygen atoms in total. The molecule has 0 aliphatic heterocycles. The van der Waals surface area contributed by atoms with Gasteiger partial charge in [0, 0.05) is 6.04 Å². The Morgan fingerprint density at radius 2 is 2.13 bits per heavy atom. The molecule has 1 saturated carbocycles. The Bertz CT molecular complexity index is 686. The van der Waals surface area contributed by atoms with Crippen LogP contribution in [-0.2, 0) is 11.3 Å². The van der Waals surface area contributed by atoms with Crippen LogP contribution in [0.25, 0.3) is 11.3 Å². The maximum Gasteiger partial charge on any atom is 0.222 e. The molecule has 23 heavy (non-hydrogen) atoms. The fourth-order valence-corrected chi connectivity index (χ4v) is 3.11. The number of amides is 1. The number of aromatic nitrogens is 1.